The molecule has 150 valence electrons. The molecule has 2 atom stereocenters. The van der Waals surface area contributed by atoms with Crippen molar-refractivity contribution in [2.45, 2.75) is 50.4 Å². The Kier molecular flexibility index (Phi) is 7.00. The van der Waals surface area contributed by atoms with Crippen LogP contribution in [0.15, 0.2) is 29.4 Å². The van der Waals surface area contributed by atoms with Gasteiger partial charge in [0.2, 0.25) is 0 Å². The Balaban J connectivity index is 2.06. The van der Waals surface area contributed by atoms with Crippen molar-refractivity contribution in [1.29, 1.82) is 0 Å². The molecule has 1 N–H and O–H groups in total. The molecule has 1 aromatic rings. The highest BCUT2D eigenvalue weighted by atomic mass is 32.2. The average Bonchev–Trinajstić information content (AvgIpc) is 3.08. The molecule has 0 radical (unpaired) electrons. The Morgan fingerprint density at radius 3 is 2.59 bits per heavy atom. The van der Waals surface area contributed by atoms with Gasteiger partial charge in [-0.05, 0) is 37.8 Å². The number of carbonyl (C=O) groups excluding carboxylic acids is 1. The zero-order valence-corrected chi connectivity index (χ0v) is 16.8. The quantitative estimate of drug-likeness (QED) is 0.638. The summed E-state index contributed by atoms with van der Waals surface area (Å²) in [6.07, 6.45) is 2.43. The summed E-state index contributed by atoms with van der Waals surface area (Å²) in [5.41, 5.74) is 2.73. The number of oxime groups is 1. The number of aliphatic hydroxyl groups is 1. The lowest BCUT2D eigenvalue weighted by Crippen LogP contribution is -2.47. The normalized spacial score (nSPS) is 19.1. The Bertz CT molecular complexity index is 787. The fourth-order valence-electron chi connectivity index (χ4n) is 2.96. The van der Waals surface area contributed by atoms with Gasteiger partial charge in [-0.2, -0.15) is 0 Å². The molecule has 0 spiro atoms. The van der Waals surface area contributed by atoms with Gasteiger partial charge in [0, 0.05) is 25.7 Å². The SMILES string of the molecule is CCOC(=O)[C@@](C)(CC1CC(c2ccc(CCCO)cc2)=NO1)S(C)(=O)=O. The third kappa shape index (κ3) is 5.07. The molecule has 0 aliphatic carbocycles. The molecule has 0 aromatic heterocycles. The summed E-state index contributed by atoms with van der Waals surface area (Å²) in [6, 6.07) is 7.80. The first-order valence-corrected chi connectivity index (χ1v) is 10.9. The molecule has 1 aliphatic rings. The van der Waals surface area contributed by atoms with Crippen LogP contribution in [0.1, 0.15) is 44.2 Å². The molecule has 0 saturated carbocycles. The van der Waals surface area contributed by atoms with E-state index in [0.717, 1.165) is 23.8 Å². The van der Waals surface area contributed by atoms with Gasteiger partial charge >= 0.3 is 5.97 Å². The predicted molar refractivity (Wildman–Crippen MR) is 102 cm³/mol. The Labute approximate surface area is 160 Å². The molecule has 27 heavy (non-hydrogen) atoms. The van der Waals surface area contributed by atoms with Gasteiger partial charge in [-0.15, -0.1) is 0 Å². The third-order valence-electron chi connectivity index (χ3n) is 4.79. The van der Waals surface area contributed by atoms with Crippen LogP contribution in [0.2, 0.25) is 0 Å². The standard InChI is InChI=1S/C19H27NO6S/c1-4-25-18(22)19(2,27(3,23)24)13-16-12-17(20-26-16)15-9-7-14(8-10-15)6-5-11-21/h7-10,16,21H,4-6,11-13H2,1-3H3/t16?,19-/m1/s1. The molecule has 0 saturated heterocycles. The number of rotatable bonds is 9. The first-order valence-electron chi connectivity index (χ1n) is 9.01. The third-order valence-corrected chi connectivity index (χ3v) is 6.76. The summed E-state index contributed by atoms with van der Waals surface area (Å²) in [5.74, 6) is -0.766. The van der Waals surface area contributed by atoms with Gasteiger partial charge in [0.15, 0.2) is 14.6 Å². The zero-order valence-electron chi connectivity index (χ0n) is 16.0. The first-order chi connectivity index (χ1) is 12.7. The molecule has 8 heteroatoms. The van der Waals surface area contributed by atoms with Gasteiger partial charge in [-0.25, -0.2) is 8.42 Å². The van der Waals surface area contributed by atoms with E-state index in [2.05, 4.69) is 5.16 Å². The minimum atomic E-state index is -3.70. The van der Waals surface area contributed by atoms with Crippen molar-refractivity contribution in [2.24, 2.45) is 5.16 Å². The van der Waals surface area contributed by atoms with Crippen LogP contribution in [0, 0.1) is 0 Å². The highest BCUT2D eigenvalue weighted by Crippen LogP contribution is 2.30. The van der Waals surface area contributed by atoms with Gasteiger partial charge in [-0.3, -0.25) is 4.79 Å². The van der Waals surface area contributed by atoms with E-state index in [0.29, 0.717) is 18.6 Å². The van der Waals surface area contributed by atoms with E-state index >= 15 is 0 Å². The minimum absolute atomic E-state index is 0.0216. The van der Waals surface area contributed by atoms with Crippen LogP contribution < -0.4 is 0 Å². The summed E-state index contributed by atoms with van der Waals surface area (Å²) in [4.78, 5) is 17.7. The largest absolute Gasteiger partial charge is 0.465 e. The number of aryl methyl sites for hydroxylation is 1. The molecule has 0 amide bonds. The van der Waals surface area contributed by atoms with Crippen molar-refractivity contribution < 1.29 is 27.9 Å². The van der Waals surface area contributed by atoms with E-state index in [-0.39, 0.29) is 19.6 Å². The van der Waals surface area contributed by atoms with E-state index < -0.39 is 26.7 Å². The number of benzene rings is 1. The molecule has 0 bridgehead atoms. The first kappa shape index (κ1) is 21.4. The van der Waals surface area contributed by atoms with E-state index in [1.165, 1.54) is 6.92 Å². The maximum Gasteiger partial charge on any atom is 0.327 e. The van der Waals surface area contributed by atoms with Crippen molar-refractivity contribution in [3.05, 3.63) is 35.4 Å². The molecule has 1 aliphatic heterocycles. The van der Waals surface area contributed by atoms with Gasteiger partial charge in [0.25, 0.3) is 0 Å². The maximum atomic E-state index is 12.3. The summed E-state index contributed by atoms with van der Waals surface area (Å²) >= 11 is 0. The number of ether oxygens (including phenoxy) is 1. The van der Waals surface area contributed by atoms with Crippen LogP contribution in [0.25, 0.3) is 0 Å². The molecule has 1 unspecified atom stereocenters. The molecular weight excluding hydrogens is 370 g/mol. The number of aliphatic hydroxyl groups excluding tert-OH is 1. The molecule has 0 fully saturated rings. The number of carbonyl (C=O) groups is 1. The molecule has 1 aromatic carbocycles. The minimum Gasteiger partial charge on any atom is -0.465 e. The highest BCUT2D eigenvalue weighted by molar-refractivity contribution is 7.92. The smallest absolute Gasteiger partial charge is 0.327 e. The summed E-state index contributed by atoms with van der Waals surface area (Å²) in [5, 5.41) is 13.0. The maximum absolute atomic E-state index is 12.3. The second-order valence-electron chi connectivity index (χ2n) is 6.92. The Morgan fingerprint density at radius 2 is 2.04 bits per heavy atom. The molecule has 1 heterocycles. The number of hydrogen-bond acceptors (Lipinski definition) is 7. The molecular formula is C19H27NO6S. The van der Waals surface area contributed by atoms with Gasteiger partial charge < -0.3 is 14.7 Å². The van der Waals surface area contributed by atoms with Crippen LogP contribution in [0.5, 0.6) is 0 Å². The van der Waals surface area contributed by atoms with E-state index in [9.17, 15) is 13.2 Å². The van der Waals surface area contributed by atoms with Crippen molar-refractivity contribution in [2.75, 3.05) is 19.5 Å². The average molecular weight is 397 g/mol. The second kappa shape index (κ2) is 8.84. The predicted octanol–water partition coefficient (Wildman–Crippen LogP) is 1.86. The van der Waals surface area contributed by atoms with Crippen LogP contribution in [-0.2, 0) is 30.6 Å². The number of hydrogen-bond donors (Lipinski definition) is 1. The van der Waals surface area contributed by atoms with Crippen LogP contribution in [0.3, 0.4) is 0 Å². The second-order valence-corrected chi connectivity index (χ2v) is 9.37. The van der Waals surface area contributed by atoms with Gasteiger partial charge in [-0.1, -0.05) is 29.4 Å². The number of nitrogens with zero attached hydrogens (tertiary/aromatic N) is 1. The van der Waals surface area contributed by atoms with Crippen molar-refractivity contribution >= 4 is 21.5 Å². The van der Waals surface area contributed by atoms with E-state index in [1.54, 1.807) is 6.92 Å². The van der Waals surface area contributed by atoms with E-state index in [4.69, 9.17) is 14.7 Å². The van der Waals surface area contributed by atoms with Gasteiger partial charge in [0.05, 0.1) is 12.3 Å². The van der Waals surface area contributed by atoms with Crippen molar-refractivity contribution in [3.8, 4) is 0 Å². The Hall–Kier alpha value is -1.93. The lowest BCUT2D eigenvalue weighted by atomic mass is 9.96. The van der Waals surface area contributed by atoms with Crippen molar-refractivity contribution in [1.82, 2.24) is 0 Å². The monoisotopic (exact) mass is 397 g/mol. The lowest BCUT2D eigenvalue weighted by molar-refractivity contribution is -0.146. The summed E-state index contributed by atoms with van der Waals surface area (Å²) in [7, 11) is -3.70. The molecule has 2 rings (SSSR count). The summed E-state index contributed by atoms with van der Waals surface area (Å²) < 4.78 is 27.7. The number of esters is 1. The van der Waals surface area contributed by atoms with Crippen molar-refractivity contribution in [3.63, 3.8) is 0 Å². The lowest BCUT2D eigenvalue weighted by Gasteiger charge is -2.27. The van der Waals surface area contributed by atoms with Gasteiger partial charge in [0.1, 0.15) is 6.10 Å². The summed E-state index contributed by atoms with van der Waals surface area (Å²) in [6.45, 7) is 3.28. The van der Waals surface area contributed by atoms with Crippen LogP contribution >= 0.6 is 0 Å². The number of sulfone groups is 1. The fourth-order valence-corrected chi connectivity index (χ4v) is 3.81. The topological polar surface area (TPSA) is 102 Å². The fraction of sp³-hybridized carbons (Fsp3) is 0.579. The van der Waals surface area contributed by atoms with Crippen LogP contribution in [-0.4, -0.2) is 55.5 Å². The highest BCUT2D eigenvalue weighted by Gasteiger charge is 2.48. The zero-order chi connectivity index (χ0) is 20.1. The van der Waals surface area contributed by atoms with Crippen LogP contribution in [0.4, 0.5) is 0 Å². The van der Waals surface area contributed by atoms with E-state index in [1.807, 2.05) is 24.3 Å². The Morgan fingerprint density at radius 1 is 1.37 bits per heavy atom. The molecule has 7 nitrogen and oxygen atoms in total.